The fourth-order valence-corrected chi connectivity index (χ4v) is 2.93. The Hall–Kier alpha value is -1.77. The maximum Gasteiger partial charge on any atom is 0.255 e. The number of H-pyrrole nitrogens is 1. The van der Waals surface area contributed by atoms with Crippen molar-refractivity contribution in [2.45, 2.75) is 33.1 Å². The summed E-state index contributed by atoms with van der Waals surface area (Å²) in [7, 11) is 0. The van der Waals surface area contributed by atoms with E-state index in [9.17, 15) is 4.79 Å². The minimum Gasteiger partial charge on any atom is -0.358 e. The van der Waals surface area contributed by atoms with Gasteiger partial charge in [-0.2, -0.15) is 0 Å². The van der Waals surface area contributed by atoms with Crippen LogP contribution in [0.25, 0.3) is 10.9 Å². The lowest BCUT2D eigenvalue weighted by Gasteiger charge is -2.26. The molecule has 3 heteroatoms. The highest BCUT2D eigenvalue weighted by Gasteiger charge is 2.21. The van der Waals surface area contributed by atoms with Crippen LogP contribution in [-0.4, -0.2) is 28.9 Å². The van der Waals surface area contributed by atoms with Gasteiger partial charge in [-0.15, -0.1) is 0 Å². The van der Waals surface area contributed by atoms with Crippen molar-refractivity contribution in [3.8, 4) is 0 Å². The Morgan fingerprint density at radius 2 is 1.89 bits per heavy atom. The first-order chi connectivity index (χ1) is 9.18. The van der Waals surface area contributed by atoms with E-state index < -0.39 is 0 Å². The third-order valence-corrected chi connectivity index (χ3v) is 4.22. The van der Waals surface area contributed by atoms with Crippen molar-refractivity contribution in [2.24, 2.45) is 0 Å². The molecule has 1 fully saturated rings. The molecule has 3 nitrogen and oxygen atoms in total. The SMILES string of the molecule is Cc1[nH]c2c(C(=O)N3CCCCC3)cccc2c1C. The summed E-state index contributed by atoms with van der Waals surface area (Å²) in [5.41, 5.74) is 4.20. The van der Waals surface area contributed by atoms with Gasteiger partial charge in [0.1, 0.15) is 0 Å². The average molecular weight is 256 g/mol. The zero-order chi connectivity index (χ0) is 13.4. The number of nitrogens with one attached hydrogen (secondary N) is 1. The molecule has 2 aromatic rings. The summed E-state index contributed by atoms with van der Waals surface area (Å²) >= 11 is 0. The van der Waals surface area contributed by atoms with Crippen LogP contribution in [0.2, 0.25) is 0 Å². The number of piperidine rings is 1. The van der Waals surface area contributed by atoms with Gasteiger partial charge in [-0.25, -0.2) is 0 Å². The first kappa shape index (κ1) is 12.3. The maximum atomic E-state index is 12.6. The summed E-state index contributed by atoms with van der Waals surface area (Å²) in [4.78, 5) is 18.0. The van der Waals surface area contributed by atoms with Crippen LogP contribution in [0.4, 0.5) is 0 Å². The number of aromatic amines is 1. The normalized spacial score (nSPS) is 16.0. The number of benzene rings is 1. The minimum absolute atomic E-state index is 0.173. The first-order valence-electron chi connectivity index (χ1n) is 7.05. The summed E-state index contributed by atoms with van der Waals surface area (Å²) in [6.45, 7) is 5.95. The van der Waals surface area contributed by atoms with Crippen LogP contribution in [0.1, 0.15) is 40.9 Å². The highest BCUT2D eigenvalue weighted by atomic mass is 16.2. The second-order valence-electron chi connectivity index (χ2n) is 5.46. The number of likely N-dealkylation sites (tertiary alicyclic amines) is 1. The molecule has 1 amide bonds. The van der Waals surface area contributed by atoms with Gasteiger partial charge in [0, 0.05) is 24.2 Å². The number of aryl methyl sites for hydroxylation is 2. The van der Waals surface area contributed by atoms with Gasteiger partial charge >= 0.3 is 0 Å². The smallest absolute Gasteiger partial charge is 0.255 e. The molecule has 1 aromatic heterocycles. The Morgan fingerprint density at radius 3 is 2.63 bits per heavy atom. The number of carbonyl (C=O) groups is 1. The Morgan fingerprint density at radius 1 is 1.16 bits per heavy atom. The van der Waals surface area contributed by atoms with Crippen molar-refractivity contribution in [3.63, 3.8) is 0 Å². The van der Waals surface area contributed by atoms with E-state index >= 15 is 0 Å². The van der Waals surface area contributed by atoms with Gasteiger partial charge in [0.15, 0.2) is 0 Å². The van der Waals surface area contributed by atoms with E-state index in [1.807, 2.05) is 17.0 Å². The molecule has 0 radical (unpaired) electrons. The molecule has 0 aliphatic carbocycles. The number of aromatic nitrogens is 1. The highest BCUT2D eigenvalue weighted by Crippen LogP contribution is 2.25. The predicted molar refractivity (Wildman–Crippen MR) is 77.5 cm³/mol. The van der Waals surface area contributed by atoms with Crippen LogP contribution >= 0.6 is 0 Å². The molecule has 19 heavy (non-hydrogen) atoms. The van der Waals surface area contributed by atoms with E-state index in [4.69, 9.17) is 0 Å². The van der Waals surface area contributed by atoms with E-state index in [0.717, 1.165) is 42.7 Å². The molecule has 1 N–H and O–H groups in total. The fourth-order valence-electron chi connectivity index (χ4n) is 2.93. The summed E-state index contributed by atoms with van der Waals surface area (Å²) in [6, 6.07) is 6.01. The number of fused-ring (bicyclic) bond motifs is 1. The molecular weight excluding hydrogens is 236 g/mol. The lowest BCUT2D eigenvalue weighted by molar-refractivity contribution is 0.0726. The van der Waals surface area contributed by atoms with Crippen molar-refractivity contribution >= 4 is 16.8 Å². The molecule has 0 bridgehead atoms. The number of hydrogen-bond acceptors (Lipinski definition) is 1. The standard InChI is InChI=1S/C16H20N2O/c1-11-12(2)17-15-13(11)7-6-8-14(15)16(19)18-9-4-3-5-10-18/h6-8,17H,3-5,9-10H2,1-2H3. The van der Waals surface area contributed by atoms with Gasteiger partial charge in [0.05, 0.1) is 11.1 Å². The van der Waals surface area contributed by atoms with Gasteiger partial charge in [-0.1, -0.05) is 12.1 Å². The number of nitrogens with zero attached hydrogens (tertiary/aromatic N) is 1. The second kappa shape index (κ2) is 4.72. The first-order valence-corrected chi connectivity index (χ1v) is 7.05. The Labute approximate surface area is 113 Å². The second-order valence-corrected chi connectivity index (χ2v) is 5.46. The number of carbonyl (C=O) groups excluding carboxylic acids is 1. The van der Waals surface area contributed by atoms with Crippen LogP contribution in [-0.2, 0) is 0 Å². The third kappa shape index (κ3) is 2.03. The molecule has 1 aliphatic rings. The molecule has 2 heterocycles. The highest BCUT2D eigenvalue weighted by molar-refractivity contribution is 6.06. The summed E-state index contributed by atoms with van der Waals surface area (Å²) in [5.74, 6) is 0.173. The Kier molecular flexibility index (Phi) is 3.05. The van der Waals surface area contributed by atoms with Crippen LogP contribution in [0.5, 0.6) is 0 Å². The topological polar surface area (TPSA) is 36.1 Å². The lowest BCUT2D eigenvalue weighted by Crippen LogP contribution is -2.35. The molecule has 0 spiro atoms. The van der Waals surface area contributed by atoms with Crippen molar-refractivity contribution in [3.05, 3.63) is 35.0 Å². The molecule has 0 atom stereocenters. The quantitative estimate of drug-likeness (QED) is 0.834. The lowest BCUT2D eigenvalue weighted by atomic mass is 10.1. The van der Waals surface area contributed by atoms with Crippen molar-refractivity contribution < 1.29 is 4.79 Å². The van der Waals surface area contributed by atoms with E-state index in [1.165, 1.54) is 17.4 Å². The number of hydrogen-bond donors (Lipinski definition) is 1. The van der Waals surface area contributed by atoms with Gasteiger partial charge in [0.2, 0.25) is 0 Å². The molecule has 3 rings (SSSR count). The number of para-hydroxylation sites is 1. The zero-order valence-electron chi connectivity index (χ0n) is 11.6. The molecular formula is C16H20N2O. The predicted octanol–water partition coefficient (Wildman–Crippen LogP) is 3.41. The minimum atomic E-state index is 0.173. The average Bonchev–Trinajstić information content (AvgIpc) is 2.75. The van der Waals surface area contributed by atoms with Crippen LogP contribution in [0.3, 0.4) is 0 Å². The Balaban J connectivity index is 2.04. The van der Waals surface area contributed by atoms with Gasteiger partial charge < -0.3 is 9.88 Å². The van der Waals surface area contributed by atoms with Gasteiger partial charge in [0.25, 0.3) is 5.91 Å². The van der Waals surface area contributed by atoms with E-state index in [2.05, 4.69) is 24.9 Å². The van der Waals surface area contributed by atoms with Crippen LogP contribution in [0.15, 0.2) is 18.2 Å². The zero-order valence-corrected chi connectivity index (χ0v) is 11.6. The maximum absolute atomic E-state index is 12.6. The molecule has 1 aromatic carbocycles. The largest absolute Gasteiger partial charge is 0.358 e. The van der Waals surface area contributed by atoms with Crippen LogP contribution in [0, 0.1) is 13.8 Å². The fraction of sp³-hybridized carbons (Fsp3) is 0.438. The number of rotatable bonds is 1. The summed E-state index contributed by atoms with van der Waals surface area (Å²) < 4.78 is 0. The summed E-state index contributed by atoms with van der Waals surface area (Å²) in [5, 5.41) is 1.17. The van der Waals surface area contributed by atoms with E-state index in [1.54, 1.807) is 0 Å². The Bertz CT molecular complexity index is 621. The molecule has 1 saturated heterocycles. The number of amides is 1. The van der Waals surface area contributed by atoms with Gasteiger partial charge in [-0.3, -0.25) is 4.79 Å². The van der Waals surface area contributed by atoms with Crippen molar-refractivity contribution in [2.75, 3.05) is 13.1 Å². The molecule has 0 saturated carbocycles. The third-order valence-electron chi connectivity index (χ3n) is 4.22. The van der Waals surface area contributed by atoms with E-state index in [-0.39, 0.29) is 5.91 Å². The molecule has 1 aliphatic heterocycles. The summed E-state index contributed by atoms with van der Waals surface area (Å²) in [6.07, 6.45) is 3.50. The van der Waals surface area contributed by atoms with Crippen molar-refractivity contribution in [1.29, 1.82) is 0 Å². The van der Waals surface area contributed by atoms with Crippen LogP contribution < -0.4 is 0 Å². The monoisotopic (exact) mass is 256 g/mol. The van der Waals surface area contributed by atoms with Gasteiger partial charge in [-0.05, 0) is 44.7 Å². The molecule has 0 unspecified atom stereocenters. The molecule has 100 valence electrons. The van der Waals surface area contributed by atoms with E-state index in [0.29, 0.717) is 0 Å². The van der Waals surface area contributed by atoms with Crippen molar-refractivity contribution in [1.82, 2.24) is 9.88 Å².